The van der Waals surface area contributed by atoms with Crippen molar-refractivity contribution in [3.8, 4) is 0 Å². The number of anilines is 4. The van der Waals surface area contributed by atoms with Gasteiger partial charge in [0.25, 0.3) is 0 Å². The first-order valence-corrected chi connectivity index (χ1v) is 12.1. The molecule has 0 saturated carbocycles. The summed E-state index contributed by atoms with van der Waals surface area (Å²) in [6, 6.07) is 30.8. The Kier molecular flexibility index (Phi) is 5.48. The lowest BCUT2D eigenvalue weighted by Gasteiger charge is -2.29. The lowest BCUT2D eigenvalue weighted by Crippen LogP contribution is -2.17. The molecular formula is C32H28N2. The molecule has 0 saturated heterocycles. The molecule has 2 nitrogen and oxygen atoms in total. The van der Waals surface area contributed by atoms with E-state index in [2.05, 4.69) is 126 Å². The molecule has 6 rings (SSSR count). The standard InChI is InChI=1S/C32H28N2/c1-2-12-30(13-3-1)34(32-19-15-25-9-5-7-11-27(25)23-32)31-20-17-28(18-21-31)33-29-16-14-24-8-4-6-10-26(24)22-29/h1-2,5-7,9-12,14-23,33H,3-4,8,13H2. The maximum atomic E-state index is 3.59. The summed E-state index contributed by atoms with van der Waals surface area (Å²) in [5.74, 6) is 0. The van der Waals surface area contributed by atoms with Gasteiger partial charge in [0.2, 0.25) is 0 Å². The van der Waals surface area contributed by atoms with Crippen LogP contribution in [0.15, 0.2) is 115 Å². The number of fused-ring (bicyclic) bond motifs is 2. The molecule has 0 amide bonds. The van der Waals surface area contributed by atoms with E-state index >= 15 is 0 Å². The Labute approximate surface area is 201 Å². The molecule has 2 aliphatic carbocycles. The van der Waals surface area contributed by atoms with Gasteiger partial charge < -0.3 is 10.2 Å². The van der Waals surface area contributed by atoms with Crippen LogP contribution in [-0.4, -0.2) is 0 Å². The molecule has 2 heteroatoms. The molecule has 0 radical (unpaired) electrons. The minimum absolute atomic E-state index is 1.03. The number of nitrogens with zero attached hydrogens (tertiary/aromatic N) is 1. The molecule has 0 fully saturated rings. The minimum atomic E-state index is 1.03. The van der Waals surface area contributed by atoms with Gasteiger partial charge in [0.05, 0.1) is 0 Å². The van der Waals surface area contributed by atoms with Gasteiger partial charge in [-0.25, -0.2) is 0 Å². The summed E-state index contributed by atoms with van der Waals surface area (Å²) in [5, 5.41) is 6.11. The summed E-state index contributed by atoms with van der Waals surface area (Å²) >= 11 is 0. The third-order valence-corrected chi connectivity index (χ3v) is 6.71. The molecule has 4 aromatic rings. The largest absolute Gasteiger partial charge is 0.356 e. The maximum Gasteiger partial charge on any atom is 0.0464 e. The fraction of sp³-hybridized carbons (Fsp3) is 0.125. The highest BCUT2D eigenvalue weighted by Gasteiger charge is 2.16. The molecular weight excluding hydrogens is 412 g/mol. The van der Waals surface area contributed by atoms with Crippen molar-refractivity contribution >= 4 is 39.6 Å². The zero-order valence-electron chi connectivity index (χ0n) is 19.2. The van der Waals surface area contributed by atoms with Gasteiger partial charge >= 0.3 is 0 Å². The van der Waals surface area contributed by atoms with E-state index in [4.69, 9.17) is 0 Å². The van der Waals surface area contributed by atoms with Crippen molar-refractivity contribution in [3.63, 3.8) is 0 Å². The third-order valence-electron chi connectivity index (χ3n) is 6.71. The molecule has 0 spiro atoms. The molecule has 0 atom stereocenters. The van der Waals surface area contributed by atoms with Gasteiger partial charge in [-0.05, 0) is 102 Å². The lowest BCUT2D eigenvalue weighted by atomic mass is 9.97. The average Bonchev–Trinajstić information content (AvgIpc) is 2.90. The number of allylic oxidation sites excluding steroid dienone is 5. The predicted octanol–water partition coefficient (Wildman–Crippen LogP) is 8.91. The molecule has 4 aromatic carbocycles. The first kappa shape index (κ1) is 20.6. The summed E-state index contributed by atoms with van der Waals surface area (Å²) < 4.78 is 0. The minimum Gasteiger partial charge on any atom is -0.356 e. The van der Waals surface area contributed by atoms with Crippen LogP contribution in [0.5, 0.6) is 0 Å². The number of aryl methyl sites for hydroxylation is 1. The zero-order chi connectivity index (χ0) is 22.7. The molecule has 0 aliphatic heterocycles. The number of nitrogens with one attached hydrogen (secondary N) is 1. The Balaban J connectivity index is 1.31. The van der Waals surface area contributed by atoms with Crippen molar-refractivity contribution in [1.29, 1.82) is 0 Å². The number of hydrogen-bond donors (Lipinski definition) is 1. The summed E-state index contributed by atoms with van der Waals surface area (Å²) in [4.78, 5) is 2.39. The van der Waals surface area contributed by atoms with Gasteiger partial charge in [-0.2, -0.15) is 0 Å². The van der Waals surface area contributed by atoms with Crippen LogP contribution in [0.1, 0.15) is 30.4 Å². The first-order chi connectivity index (χ1) is 16.8. The molecule has 0 heterocycles. The lowest BCUT2D eigenvalue weighted by molar-refractivity contribution is 0.918. The van der Waals surface area contributed by atoms with Crippen LogP contribution >= 0.6 is 0 Å². The van der Waals surface area contributed by atoms with Crippen LogP contribution in [0.3, 0.4) is 0 Å². The first-order valence-electron chi connectivity index (χ1n) is 12.1. The summed E-state index contributed by atoms with van der Waals surface area (Å²) in [7, 11) is 0. The normalized spacial score (nSPS) is 14.5. The Hall–Kier alpha value is -4.04. The van der Waals surface area contributed by atoms with Crippen molar-refractivity contribution in [3.05, 3.63) is 126 Å². The summed E-state index contributed by atoms with van der Waals surface area (Å²) in [5.41, 5.74) is 8.68. The third kappa shape index (κ3) is 4.15. The Morgan fingerprint density at radius 2 is 1.44 bits per heavy atom. The second kappa shape index (κ2) is 9.07. The SMILES string of the molecule is C1=CCCC(N(c2ccc(Nc3ccc4c(c3)C=CCC4)cc2)c2ccc3ccccc3c2)=C1. The van der Waals surface area contributed by atoms with Crippen molar-refractivity contribution in [2.75, 3.05) is 10.2 Å². The summed E-state index contributed by atoms with van der Waals surface area (Å²) in [6.45, 7) is 0. The Bertz CT molecular complexity index is 1420. The van der Waals surface area contributed by atoms with Crippen LogP contribution in [0, 0.1) is 0 Å². The molecule has 0 unspecified atom stereocenters. The van der Waals surface area contributed by atoms with E-state index in [9.17, 15) is 0 Å². The van der Waals surface area contributed by atoms with E-state index in [-0.39, 0.29) is 0 Å². The van der Waals surface area contributed by atoms with Crippen LogP contribution in [-0.2, 0) is 6.42 Å². The van der Waals surface area contributed by atoms with E-state index in [0.717, 1.165) is 37.1 Å². The number of hydrogen-bond acceptors (Lipinski definition) is 2. The molecule has 166 valence electrons. The summed E-state index contributed by atoms with van der Waals surface area (Å²) in [6.07, 6.45) is 15.5. The van der Waals surface area contributed by atoms with Gasteiger partial charge in [-0.15, -0.1) is 0 Å². The van der Waals surface area contributed by atoms with Crippen molar-refractivity contribution in [1.82, 2.24) is 0 Å². The average molecular weight is 441 g/mol. The highest BCUT2D eigenvalue weighted by atomic mass is 15.1. The highest BCUT2D eigenvalue weighted by molar-refractivity contribution is 5.88. The second-order valence-corrected chi connectivity index (χ2v) is 9.02. The van der Waals surface area contributed by atoms with Gasteiger partial charge in [0, 0.05) is 28.4 Å². The van der Waals surface area contributed by atoms with Crippen LogP contribution in [0.25, 0.3) is 16.8 Å². The fourth-order valence-electron chi connectivity index (χ4n) is 4.94. The highest BCUT2D eigenvalue weighted by Crippen LogP contribution is 2.36. The molecule has 0 aromatic heterocycles. The van der Waals surface area contributed by atoms with E-state index in [1.165, 1.54) is 39.0 Å². The van der Waals surface area contributed by atoms with Gasteiger partial charge in [-0.1, -0.05) is 60.7 Å². The van der Waals surface area contributed by atoms with Crippen LogP contribution < -0.4 is 10.2 Å². The van der Waals surface area contributed by atoms with Crippen molar-refractivity contribution in [2.24, 2.45) is 0 Å². The number of rotatable bonds is 5. The molecule has 34 heavy (non-hydrogen) atoms. The smallest absolute Gasteiger partial charge is 0.0464 e. The number of benzene rings is 4. The molecule has 2 aliphatic rings. The quantitative estimate of drug-likeness (QED) is 0.333. The van der Waals surface area contributed by atoms with E-state index in [1.54, 1.807) is 0 Å². The van der Waals surface area contributed by atoms with Crippen molar-refractivity contribution < 1.29 is 0 Å². The van der Waals surface area contributed by atoms with Crippen LogP contribution in [0.2, 0.25) is 0 Å². The van der Waals surface area contributed by atoms with Crippen LogP contribution in [0.4, 0.5) is 22.7 Å². The second-order valence-electron chi connectivity index (χ2n) is 9.02. The Morgan fingerprint density at radius 3 is 2.29 bits per heavy atom. The monoisotopic (exact) mass is 440 g/mol. The predicted molar refractivity (Wildman–Crippen MR) is 146 cm³/mol. The van der Waals surface area contributed by atoms with E-state index in [0.29, 0.717) is 0 Å². The zero-order valence-corrected chi connectivity index (χ0v) is 19.2. The Morgan fingerprint density at radius 1 is 0.647 bits per heavy atom. The van der Waals surface area contributed by atoms with Gasteiger partial charge in [0.1, 0.15) is 0 Å². The molecule has 1 N–H and O–H groups in total. The fourth-order valence-corrected chi connectivity index (χ4v) is 4.94. The van der Waals surface area contributed by atoms with Crippen molar-refractivity contribution in [2.45, 2.75) is 25.7 Å². The van der Waals surface area contributed by atoms with E-state index in [1.807, 2.05) is 0 Å². The van der Waals surface area contributed by atoms with Gasteiger partial charge in [0.15, 0.2) is 0 Å². The maximum absolute atomic E-state index is 3.59. The van der Waals surface area contributed by atoms with E-state index < -0.39 is 0 Å². The van der Waals surface area contributed by atoms with Gasteiger partial charge in [-0.3, -0.25) is 0 Å². The molecule has 0 bridgehead atoms. The topological polar surface area (TPSA) is 15.3 Å².